The zero-order valence-electron chi connectivity index (χ0n) is 16.2. The number of carbonyl (C=O) groups is 3. The monoisotopic (exact) mass is 398 g/mol. The van der Waals surface area contributed by atoms with E-state index >= 15 is 0 Å². The van der Waals surface area contributed by atoms with E-state index in [2.05, 4.69) is 5.32 Å². The van der Waals surface area contributed by atoms with Gasteiger partial charge in [-0.05, 0) is 42.7 Å². The Kier molecular flexibility index (Phi) is 6.26. The highest BCUT2D eigenvalue weighted by Gasteiger charge is 2.44. The van der Waals surface area contributed by atoms with Crippen LogP contribution >= 0.6 is 0 Å². The number of benzene rings is 2. The van der Waals surface area contributed by atoms with Gasteiger partial charge in [-0.25, -0.2) is 4.39 Å². The Bertz CT molecular complexity index is 875. The number of rotatable bonds is 5. The topological polar surface area (TPSA) is 75.7 Å². The van der Waals surface area contributed by atoms with Crippen molar-refractivity contribution in [1.82, 2.24) is 4.90 Å². The number of hydrogen-bond acceptors (Lipinski definition) is 4. The van der Waals surface area contributed by atoms with Crippen molar-refractivity contribution in [2.75, 3.05) is 25.0 Å². The molecule has 2 aromatic carbocycles. The van der Waals surface area contributed by atoms with E-state index in [9.17, 15) is 18.8 Å². The van der Waals surface area contributed by atoms with Crippen LogP contribution in [0.3, 0.4) is 0 Å². The molecule has 0 unspecified atom stereocenters. The highest BCUT2D eigenvalue weighted by Crippen LogP contribution is 2.37. The van der Waals surface area contributed by atoms with E-state index < -0.39 is 29.7 Å². The molecule has 1 aliphatic heterocycles. The molecular formula is C22H23FN2O4. The van der Waals surface area contributed by atoms with Crippen molar-refractivity contribution in [3.05, 3.63) is 66.0 Å². The Morgan fingerprint density at radius 3 is 2.24 bits per heavy atom. The maximum absolute atomic E-state index is 13.0. The van der Waals surface area contributed by atoms with Crippen molar-refractivity contribution in [3.8, 4) is 0 Å². The number of anilines is 1. The van der Waals surface area contributed by atoms with Gasteiger partial charge >= 0.3 is 5.97 Å². The van der Waals surface area contributed by atoms with Gasteiger partial charge in [0.1, 0.15) is 5.82 Å². The van der Waals surface area contributed by atoms with E-state index in [1.807, 2.05) is 30.3 Å². The SMILES string of the molecule is CC(=O)N1CCC(C(=O)OCC(=O)Nc2ccc(F)cc2)(c2ccccc2)CC1. The second-order valence-electron chi connectivity index (χ2n) is 7.09. The van der Waals surface area contributed by atoms with Crippen molar-refractivity contribution in [2.45, 2.75) is 25.2 Å². The molecule has 3 rings (SSSR count). The molecule has 0 aromatic heterocycles. The molecule has 29 heavy (non-hydrogen) atoms. The molecule has 0 radical (unpaired) electrons. The van der Waals surface area contributed by atoms with E-state index in [0.29, 0.717) is 31.6 Å². The zero-order valence-corrected chi connectivity index (χ0v) is 16.2. The van der Waals surface area contributed by atoms with E-state index in [0.717, 1.165) is 5.56 Å². The minimum Gasteiger partial charge on any atom is -0.455 e. The third kappa shape index (κ3) is 4.80. The van der Waals surface area contributed by atoms with Gasteiger partial charge in [0.25, 0.3) is 5.91 Å². The van der Waals surface area contributed by atoms with Crippen molar-refractivity contribution in [3.63, 3.8) is 0 Å². The Labute approximate surface area is 168 Å². The van der Waals surface area contributed by atoms with Gasteiger partial charge in [0.05, 0.1) is 5.41 Å². The van der Waals surface area contributed by atoms with Gasteiger partial charge in [0, 0.05) is 25.7 Å². The average Bonchev–Trinajstić information content (AvgIpc) is 2.74. The van der Waals surface area contributed by atoms with Gasteiger partial charge in [-0.3, -0.25) is 14.4 Å². The summed E-state index contributed by atoms with van der Waals surface area (Å²) in [5.74, 6) is -1.43. The van der Waals surface area contributed by atoms with Crippen LogP contribution in [-0.2, 0) is 24.5 Å². The molecule has 0 atom stereocenters. The van der Waals surface area contributed by atoms with Gasteiger partial charge < -0.3 is 15.0 Å². The number of likely N-dealkylation sites (tertiary alicyclic amines) is 1. The van der Waals surface area contributed by atoms with Crippen molar-refractivity contribution in [2.24, 2.45) is 0 Å². The predicted octanol–water partition coefficient (Wildman–Crippen LogP) is 2.89. The first kappa shape index (κ1) is 20.5. The Morgan fingerprint density at radius 1 is 1.03 bits per heavy atom. The minimum absolute atomic E-state index is 0.0290. The van der Waals surface area contributed by atoms with E-state index in [1.54, 1.807) is 4.90 Å². The first-order valence-corrected chi connectivity index (χ1v) is 9.44. The standard InChI is InChI=1S/C22H23FN2O4/c1-16(26)25-13-11-22(12-14-25,17-5-3-2-4-6-17)21(28)29-15-20(27)24-19-9-7-18(23)8-10-19/h2-10H,11-15H2,1H3,(H,24,27). The Balaban J connectivity index is 1.68. The molecule has 0 aliphatic carbocycles. The number of piperidine rings is 1. The fraction of sp³-hybridized carbons (Fsp3) is 0.318. The number of amides is 2. The summed E-state index contributed by atoms with van der Waals surface area (Å²) in [6.07, 6.45) is 0.851. The van der Waals surface area contributed by atoms with Crippen LogP contribution in [0.1, 0.15) is 25.3 Å². The van der Waals surface area contributed by atoms with Gasteiger partial charge in [0.2, 0.25) is 5.91 Å². The number of nitrogens with one attached hydrogen (secondary N) is 1. The minimum atomic E-state index is -0.899. The first-order chi connectivity index (χ1) is 13.9. The van der Waals surface area contributed by atoms with Crippen molar-refractivity contribution >= 4 is 23.5 Å². The lowest BCUT2D eigenvalue weighted by atomic mass is 9.72. The Hall–Kier alpha value is -3.22. The maximum Gasteiger partial charge on any atom is 0.317 e. The first-order valence-electron chi connectivity index (χ1n) is 9.44. The summed E-state index contributed by atoms with van der Waals surface area (Å²) in [6.45, 7) is 1.96. The van der Waals surface area contributed by atoms with Gasteiger partial charge in [0.15, 0.2) is 6.61 Å². The number of nitrogens with zero attached hydrogens (tertiary/aromatic N) is 1. The molecule has 6 nitrogen and oxygen atoms in total. The third-order valence-corrected chi connectivity index (χ3v) is 5.24. The molecule has 1 heterocycles. The van der Waals surface area contributed by atoms with Crippen LogP contribution in [0.2, 0.25) is 0 Å². The molecule has 2 amide bonds. The summed E-state index contributed by atoms with van der Waals surface area (Å²) in [6, 6.07) is 14.6. The van der Waals surface area contributed by atoms with Crippen LogP contribution in [0, 0.1) is 5.82 Å². The molecule has 0 spiro atoms. The quantitative estimate of drug-likeness (QED) is 0.786. The molecule has 1 saturated heterocycles. The molecule has 1 N–H and O–H groups in total. The summed E-state index contributed by atoms with van der Waals surface area (Å²) in [5.41, 5.74) is 0.329. The molecule has 1 aliphatic rings. The number of carbonyl (C=O) groups excluding carboxylic acids is 3. The van der Waals surface area contributed by atoms with Gasteiger partial charge in [-0.1, -0.05) is 30.3 Å². The second-order valence-corrected chi connectivity index (χ2v) is 7.09. The summed E-state index contributed by atoms with van der Waals surface area (Å²) >= 11 is 0. The molecule has 0 saturated carbocycles. The summed E-state index contributed by atoms with van der Waals surface area (Å²) in [7, 11) is 0. The highest BCUT2D eigenvalue weighted by molar-refractivity contribution is 5.94. The van der Waals surface area contributed by atoms with Crippen LogP contribution < -0.4 is 5.32 Å². The largest absolute Gasteiger partial charge is 0.455 e. The third-order valence-electron chi connectivity index (χ3n) is 5.24. The number of esters is 1. The number of ether oxygens (including phenoxy) is 1. The van der Waals surface area contributed by atoms with Crippen LogP contribution in [-0.4, -0.2) is 42.4 Å². The van der Waals surface area contributed by atoms with Crippen LogP contribution in [0.5, 0.6) is 0 Å². The van der Waals surface area contributed by atoms with Gasteiger partial charge in [-0.2, -0.15) is 0 Å². The van der Waals surface area contributed by atoms with Crippen LogP contribution in [0.4, 0.5) is 10.1 Å². The lowest BCUT2D eigenvalue weighted by Crippen LogP contribution is -2.49. The highest BCUT2D eigenvalue weighted by atomic mass is 19.1. The smallest absolute Gasteiger partial charge is 0.317 e. The average molecular weight is 398 g/mol. The molecule has 0 bridgehead atoms. The maximum atomic E-state index is 13.0. The fourth-order valence-corrected chi connectivity index (χ4v) is 3.57. The molecule has 2 aromatic rings. The predicted molar refractivity (Wildman–Crippen MR) is 106 cm³/mol. The fourth-order valence-electron chi connectivity index (χ4n) is 3.57. The zero-order chi connectivity index (χ0) is 20.9. The number of halogens is 1. The normalized spacial score (nSPS) is 15.4. The Morgan fingerprint density at radius 2 is 1.66 bits per heavy atom. The lowest BCUT2D eigenvalue weighted by Gasteiger charge is -2.40. The van der Waals surface area contributed by atoms with Crippen LogP contribution in [0.15, 0.2) is 54.6 Å². The van der Waals surface area contributed by atoms with E-state index in [4.69, 9.17) is 4.74 Å². The molecular weight excluding hydrogens is 375 g/mol. The summed E-state index contributed by atoms with van der Waals surface area (Å²) in [5, 5.41) is 2.57. The van der Waals surface area contributed by atoms with E-state index in [1.165, 1.54) is 31.2 Å². The van der Waals surface area contributed by atoms with Gasteiger partial charge in [-0.15, -0.1) is 0 Å². The van der Waals surface area contributed by atoms with E-state index in [-0.39, 0.29) is 5.91 Å². The molecule has 1 fully saturated rings. The lowest BCUT2D eigenvalue weighted by molar-refractivity contribution is -0.156. The number of hydrogen-bond donors (Lipinski definition) is 1. The second kappa shape index (κ2) is 8.86. The molecule has 7 heteroatoms. The van der Waals surface area contributed by atoms with Crippen molar-refractivity contribution in [1.29, 1.82) is 0 Å². The summed E-state index contributed by atoms with van der Waals surface area (Å²) in [4.78, 5) is 38.5. The van der Waals surface area contributed by atoms with Crippen molar-refractivity contribution < 1.29 is 23.5 Å². The summed E-state index contributed by atoms with van der Waals surface area (Å²) < 4.78 is 18.3. The van der Waals surface area contributed by atoms with Crippen LogP contribution in [0.25, 0.3) is 0 Å². The molecule has 152 valence electrons.